The van der Waals surface area contributed by atoms with E-state index in [0.717, 1.165) is 11.3 Å². The van der Waals surface area contributed by atoms with Gasteiger partial charge in [-0.2, -0.15) is 0 Å². The van der Waals surface area contributed by atoms with Crippen molar-refractivity contribution in [3.05, 3.63) is 29.8 Å². The van der Waals surface area contributed by atoms with Crippen molar-refractivity contribution in [1.82, 2.24) is 5.32 Å². The van der Waals surface area contributed by atoms with Crippen LogP contribution in [-0.2, 0) is 4.79 Å². The van der Waals surface area contributed by atoms with Crippen LogP contribution in [0.15, 0.2) is 24.3 Å². The van der Waals surface area contributed by atoms with Gasteiger partial charge in [-0.3, -0.25) is 4.79 Å². The van der Waals surface area contributed by atoms with E-state index < -0.39 is 5.41 Å². The number of rotatable bonds is 5. The third kappa shape index (κ3) is 3.64. The highest BCUT2D eigenvalue weighted by atomic mass is 35.5. The van der Waals surface area contributed by atoms with Crippen LogP contribution in [0, 0.1) is 5.41 Å². The molecule has 100 valence electrons. The Bertz CT molecular complexity index is 418. The summed E-state index contributed by atoms with van der Waals surface area (Å²) in [6, 6.07) is 7.58. The van der Waals surface area contributed by atoms with Gasteiger partial charge in [0.15, 0.2) is 0 Å². The lowest BCUT2D eigenvalue weighted by atomic mass is 9.94. The van der Waals surface area contributed by atoms with Crippen molar-refractivity contribution < 1.29 is 9.53 Å². The van der Waals surface area contributed by atoms with Gasteiger partial charge < -0.3 is 10.1 Å². The Morgan fingerprint density at radius 3 is 2.72 bits per heavy atom. The number of nitrogens with one attached hydrogen (secondary N) is 1. The molecule has 0 saturated carbocycles. The Morgan fingerprint density at radius 2 is 2.17 bits per heavy atom. The number of carbonyl (C=O) groups is 1. The predicted octanol–water partition coefficient (Wildman–Crippen LogP) is 3.14. The summed E-state index contributed by atoms with van der Waals surface area (Å²) in [5.74, 6) is 1.03. The molecule has 0 aliphatic rings. The molecule has 4 heteroatoms. The third-order valence-electron chi connectivity index (χ3n) is 2.89. The van der Waals surface area contributed by atoms with Crippen LogP contribution in [0.25, 0.3) is 0 Å². The molecule has 0 heterocycles. The first-order valence-corrected chi connectivity index (χ1v) is 6.45. The van der Waals surface area contributed by atoms with Crippen molar-refractivity contribution in [2.24, 2.45) is 5.41 Å². The fourth-order valence-electron chi connectivity index (χ4n) is 1.45. The molecule has 0 bridgehead atoms. The summed E-state index contributed by atoms with van der Waals surface area (Å²) < 4.78 is 5.16. The van der Waals surface area contributed by atoms with Gasteiger partial charge in [0.2, 0.25) is 5.91 Å². The zero-order valence-electron chi connectivity index (χ0n) is 11.3. The molecular weight excluding hydrogens is 250 g/mol. The first-order chi connectivity index (χ1) is 8.40. The van der Waals surface area contributed by atoms with E-state index in [9.17, 15) is 4.79 Å². The lowest BCUT2D eigenvalue weighted by Crippen LogP contribution is -2.39. The first kappa shape index (κ1) is 14.8. The summed E-state index contributed by atoms with van der Waals surface area (Å²) in [5, 5.41) is 2.96. The van der Waals surface area contributed by atoms with Crippen LogP contribution in [-0.4, -0.2) is 18.9 Å². The zero-order valence-corrected chi connectivity index (χ0v) is 12.0. The van der Waals surface area contributed by atoms with E-state index in [1.807, 2.05) is 45.0 Å². The summed E-state index contributed by atoms with van der Waals surface area (Å²) >= 11 is 5.78. The van der Waals surface area contributed by atoms with Gasteiger partial charge in [0.25, 0.3) is 0 Å². The average Bonchev–Trinajstić information content (AvgIpc) is 2.38. The van der Waals surface area contributed by atoms with Crippen LogP contribution < -0.4 is 10.1 Å². The number of benzene rings is 1. The minimum Gasteiger partial charge on any atom is -0.497 e. The monoisotopic (exact) mass is 269 g/mol. The van der Waals surface area contributed by atoms with E-state index in [1.165, 1.54) is 0 Å². The van der Waals surface area contributed by atoms with Crippen molar-refractivity contribution in [2.75, 3.05) is 13.0 Å². The Morgan fingerprint density at radius 1 is 1.50 bits per heavy atom. The van der Waals surface area contributed by atoms with E-state index >= 15 is 0 Å². The average molecular weight is 270 g/mol. The lowest BCUT2D eigenvalue weighted by Gasteiger charge is -2.24. The van der Waals surface area contributed by atoms with Crippen LogP contribution >= 0.6 is 11.6 Å². The first-order valence-electron chi connectivity index (χ1n) is 5.91. The number of methoxy groups -OCH3 is 1. The van der Waals surface area contributed by atoms with Crippen LogP contribution in [0.1, 0.15) is 32.4 Å². The molecule has 1 aromatic rings. The van der Waals surface area contributed by atoms with Gasteiger partial charge >= 0.3 is 0 Å². The summed E-state index contributed by atoms with van der Waals surface area (Å²) in [6.45, 7) is 5.60. The molecule has 0 spiro atoms. The van der Waals surface area contributed by atoms with E-state index in [1.54, 1.807) is 7.11 Å². The quantitative estimate of drug-likeness (QED) is 0.834. The fourth-order valence-corrected chi connectivity index (χ4v) is 1.57. The summed E-state index contributed by atoms with van der Waals surface area (Å²) in [5.41, 5.74) is 0.447. The lowest BCUT2D eigenvalue weighted by molar-refractivity contribution is -0.129. The van der Waals surface area contributed by atoms with Gasteiger partial charge in [0, 0.05) is 5.88 Å². The fraction of sp³-hybridized carbons (Fsp3) is 0.500. The Labute approximate surface area is 113 Å². The van der Waals surface area contributed by atoms with E-state index in [0.29, 0.717) is 5.88 Å². The van der Waals surface area contributed by atoms with Gasteiger partial charge in [-0.1, -0.05) is 12.1 Å². The predicted molar refractivity (Wildman–Crippen MR) is 74.1 cm³/mol. The van der Waals surface area contributed by atoms with Crippen molar-refractivity contribution in [3.8, 4) is 5.75 Å². The molecule has 0 aliphatic heterocycles. The molecular formula is C14H20ClNO2. The third-order valence-corrected chi connectivity index (χ3v) is 3.56. The maximum absolute atomic E-state index is 12.0. The molecule has 18 heavy (non-hydrogen) atoms. The SMILES string of the molecule is COc1cccc(C(C)NC(=O)C(C)(C)CCl)c1. The minimum absolute atomic E-state index is 0.0483. The Balaban J connectivity index is 2.76. The van der Waals surface area contributed by atoms with Crippen molar-refractivity contribution in [2.45, 2.75) is 26.8 Å². The van der Waals surface area contributed by atoms with Crippen LogP contribution in [0.5, 0.6) is 5.75 Å². The Kier molecular flexibility index (Phi) is 5.03. The molecule has 0 radical (unpaired) electrons. The normalized spacial score (nSPS) is 12.9. The second kappa shape index (κ2) is 6.10. The van der Waals surface area contributed by atoms with E-state index in [2.05, 4.69) is 5.32 Å². The van der Waals surface area contributed by atoms with Gasteiger partial charge in [-0.25, -0.2) is 0 Å². The molecule has 1 unspecified atom stereocenters. The number of carbonyl (C=O) groups excluding carboxylic acids is 1. The van der Waals surface area contributed by atoms with Gasteiger partial charge in [-0.15, -0.1) is 11.6 Å². The number of ether oxygens (including phenoxy) is 1. The van der Waals surface area contributed by atoms with Crippen LogP contribution in [0.3, 0.4) is 0 Å². The maximum atomic E-state index is 12.0. The Hall–Kier alpha value is -1.22. The largest absolute Gasteiger partial charge is 0.497 e. The molecule has 1 amide bonds. The summed E-state index contributed by atoms with van der Waals surface area (Å²) in [7, 11) is 1.62. The van der Waals surface area contributed by atoms with Crippen LogP contribution in [0.2, 0.25) is 0 Å². The molecule has 1 N–H and O–H groups in total. The summed E-state index contributed by atoms with van der Waals surface area (Å²) in [4.78, 5) is 12.0. The molecule has 1 aromatic carbocycles. The summed E-state index contributed by atoms with van der Waals surface area (Å²) in [6.07, 6.45) is 0. The van der Waals surface area contributed by atoms with Crippen molar-refractivity contribution in [3.63, 3.8) is 0 Å². The van der Waals surface area contributed by atoms with Crippen molar-refractivity contribution in [1.29, 1.82) is 0 Å². The number of hydrogen-bond acceptors (Lipinski definition) is 2. The second-order valence-electron chi connectivity index (χ2n) is 4.99. The molecule has 0 aromatic heterocycles. The standard InChI is InChI=1S/C14H20ClNO2/c1-10(16-13(17)14(2,3)9-15)11-6-5-7-12(8-11)18-4/h5-8,10H,9H2,1-4H3,(H,16,17). The van der Waals surface area contributed by atoms with Crippen LogP contribution in [0.4, 0.5) is 0 Å². The number of alkyl halides is 1. The van der Waals surface area contributed by atoms with E-state index in [-0.39, 0.29) is 11.9 Å². The van der Waals surface area contributed by atoms with E-state index in [4.69, 9.17) is 16.3 Å². The number of amides is 1. The molecule has 0 saturated heterocycles. The van der Waals surface area contributed by atoms with Gasteiger partial charge in [-0.05, 0) is 38.5 Å². The molecule has 0 aliphatic carbocycles. The van der Waals surface area contributed by atoms with Gasteiger partial charge in [0.1, 0.15) is 5.75 Å². The minimum atomic E-state index is -0.561. The highest BCUT2D eigenvalue weighted by Gasteiger charge is 2.27. The second-order valence-corrected chi connectivity index (χ2v) is 5.26. The molecule has 1 rings (SSSR count). The molecule has 1 atom stereocenters. The smallest absolute Gasteiger partial charge is 0.227 e. The maximum Gasteiger partial charge on any atom is 0.227 e. The number of halogens is 1. The highest BCUT2D eigenvalue weighted by molar-refractivity contribution is 6.19. The van der Waals surface area contributed by atoms with Gasteiger partial charge in [0.05, 0.1) is 18.6 Å². The number of hydrogen-bond donors (Lipinski definition) is 1. The zero-order chi connectivity index (χ0) is 13.8. The molecule has 0 fully saturated rings. The highest BCUT2D eigenvalue weighted by Crippen LogP contribution is 2.22. The topological polar surface area (TPSA) is 38.3 Å². The van der Waals surface area contributed by atoms with Crippen molar-refractivity contribution >= 4 is 17.5 Å². The molecule has 3 nitrogen and oxygen atoms in total.